The first-order valence-corrected chi connectivity index (χ1v) is 5.79. The first kappa shape index (κ1) is 13.7. The zero-order valence-electron chi connectivity index (χ0n) is 11.5. The summed E-state index contributed by atoms with van der Waals surface area (Å²) >= 11 is 0. The quantitative estimate of drug-likeness (QED) is 0.808. The van der Waals surface area contributed by atoms with Crippen molar-refractivity contribution < 1.29 is 9.53 Å². The molecule has 1 heterocycles. The SMILES string of the molecule is COc1c(C)cnc(CC(=O)C(C)(C)C)c1C. The fourth-order valence-electron chi connectivity index (χ4n) is 1.67. The van der Waals surface area contributed by atoms with Crippen LogP contribution in [0.1, 0.15) is 37.6 Å². The van der Waals surface area contributed by atoms with Gasteiger partial charge in [-0.05, 0) is 13.8 Å². The molecule has 1 aromatic heterocycles. The monoisotopic (exact) mass is 235 g/mol. The van der Waals surface area contributed by atoms with Gasteiger partial charge in [0, 0.05) is 29.2 Å². The van der Waals surface area contributed by atoms with Crippen molar-refractivity contribution in [3.05, 3.63) is 23.0 Å². The Morgan fingerprint density at radius 3 is 2.41 bits per heavy atom. The molecular formula is C14H21NO2. The van der Waals surface area contributed by atoms with Gasteiger partial charge in [0.25, 0.3) is 0 Å². The van der Waals surface area contributed by atoms with E-state index in [9.17, 15) is 4.79 Å². The van der Waals surface area contributed by atoms with Crippen molar-refractivity contribution in [3.8, 4) is 5.75 Å². The summed E-state index contributed by atoms with van der Waals surface area (Å²) in [5.41, 5.74) is 2.45. The van der Waals surface area contributed by atoms with Gasteiger partial charge in [-0.2, -0.15) is 0 Å². The first-order valence-electron chi connectivity index (χ1n) is 5.79. The van der Waals surface area contributed by atoms with Gasteiger partial charge in [-0.3, -0.25) is 9.78 Å². The van der Waals surface area contributed by atoms with E-state index in [-0.39, 0.29) is 11.2 Å². The number of ketones is 1. The smallest absolute Gasteiger partial charge is 0.144 e. The number of rotatable bonds is 3. The van der Waals surface area contributed by atoms with Gasteiger partial charge in [0.05, 0.1) is 12.8 Å². The van der Waals surface area contributed by atoms with Gasteiger partial charge in [0.1, 0.15) is 11.5 Å². The zero-order chi connectivity index (χ0) is 13.2. The maximum atomic E-state index is 12.0. The van der Waals surface area contributed by atoms with E-state index >= 15 is 0 Å². The number of hydrogen-bond acceptors (Lipinski definition) is 3. The van der Waals surface area contributed by atoms with E-state index in [4.69, 9.17) is 4.74 Å². The lowest BCUT2D eigenvalue weighted by Crippen LogP contribution is -2.23. The van der Waals surface area contributed by atoms with E-state index in [1.807, 2.05) is 34.6 Å². The van der Waals surface area contributed by atoms with Gasteiger partial charge in [-0.15, -0.1) is 0 Å². The lowest BCUT2D eigenvalue weighted by Gasteiger charge is -2.18. The van der Waals surface area contributed by atoms with E-state index in [2.05, 4.69) is 4.98 Å². The molecular weight excluding hydrogens is 214 g/mol. The van der Waals surface area contributed by atoms with Crippen LogP contribution in [0.15, 0.2) is 6.20 Å². The molecule has 0 amide bonds. The highest BCUT2D eigenvalue weighted by molar-refractivity contribution is 5.85. The summed E-state index contributed by atoms with van der Waals surface area (Å²) in [5, 5.41) is 0. The predicted molar refractivity (Wildman–Crippen MR) is 68.4 cm³/mol. The summed E-state index contributed by atoms with van der Waals surface area (Å²) in [5.74, 6) is 1.02. The second-order valence-electron chi connectivity index (χ2n) is 5.40. The fraction of sp³-hybridized carbons (Fsp3) is 0.571. The highest BCUT2D eigenvalue weighted by Crippen LogP contribution is 2.26. The molecule has 1 aromatic rings. The standard InChI is InChI=1S/C14H21NO2/c1-9-8-15-11(10(2)13(9)17-6)7-12(16)14(3,4)5/h8H,7H2,1-6H3. The summed E-state index contributed by atoms with van der Waals surface area (Å²) in [4.78, 5) is 16.3. The molecule has 0 saturated carbocycles. The number of Topliss-reactive ketones (excluding diaryl/α,β-unsaturated/α-hetero) is 1. The third-order valence-corrected chi connectivity index (χ3v) is 2.91. The first-order chi connectivity index (χ1) is 7.77. The van der Waals surface area contributed by atoms with Gasteiger partial charge < -0.3 is 4.74 Å². The van der Waals surface area contributed by atoms with Gasteiger partial charge in [-0.25, -0.2) is 0 Å². The van der Waals surface area contributed by atoms with Crippen molar-refractivity contribution in [1.82, 2.24) is 4.98 Å². The number of aryl methyl sites for hydroxylation is 1. The van der Waals surface area contributed by atoms with E-state index < -0.39 is 0 Å². The Morgan fingerprint density at radius 1 is 1.35 bits per heavy atom. The Hall–Kier alpha value is -1.38. The molecule has 17 heavy (non-hydrogen) atoms. The molecule has 0 unspecified atom stereocenters. The van der Waals surface area contributed by atoms with Crippen molar-refractivity contribution in [3.63, 3.8) is 0 Å². The van der Waals surface area contributed by atoms with Gasteiger partial charge in [0.2, 0.25) is 0 Å². The predicted octanol–water partition coefficient (Wildman–Crippen LogP) is 2.86. The normalized spacial score (nSPS) is 11.4. The average molecular weight is 235 g/mol. The van der Waals surface area contributed by atoms with Crippen LogP contribution < -0.4 is 4.74 Å². The Kier molecular flexibility index (Phi) is 3.91. The molecule has 0 bridgehead atoms. The Balaban J connectivity index is 3.05. The molecule has 0 saturated heterocycles. The topological polar surface area (TPSA) is 39.2 Å². The van der Waals surface area contributed by atoms with Crippen LogP contribution in [0.2, 0.25) is 0 Å². The third-order valence-electron chi connectivity index (χ3n) is 2.91. The number of carbonyl (C=O) groups is 1. The molecule has 94 valence electrons. The van der Waals surface area contributed by atoms with Crippen LogP contribution in [-0.4, -0.2) is 17.9 Å². The fourth-order valence-corrected chi connectivity index (χ4v) is 1.67. The minimum Gasteiger partial charge on any atom is -0.496 e. The molecule has 0 aliphatic rings. The van der Waals surface area contributed by atoms with E-state index in [0.717, 1.165) is 22.6 Å². The summed E-state index contributed by atoms with van der Waals surface area (Å²) in [6.07, 6.45) is 2.13. The zero-order valence-corrected chi connectivity index (χ0v) is 11.5. The van der Waals surface area contributed by atoms with Crippen LogP contribution in [0.25, 0.3) is 0 Å². The van der Waals surface area contributed by atoms with Crippen molar-refractivity contribution in [2.45, 2.75) is 41.0 Å². The Morgan fingerprint density at radius 2 is 1.94 bits per heavy atom. The molecule has 1 rings (SSSR count). The molecule has 0 atom stereocenters. The number of methoxy groups -OCH3 is 1. The van der Waals surface area contributed by atoms with Crippen molar-refractivity contribution in [2.24, 2.45) is 5.41 Å². The molecule has 0 aliphatic carbocycles. The largest absolute Gasteiger partial charge is 0.496 e. The van der Waals surface area contributed by atoms with Crippen molar-refractivity contribution in [1.29, 1.82) is 0 Å². The molecule has 0 fully saturated rings. The number of aromatic nitrogens is 1. The molecule has 0 N–H and O–H groups in total. The number of ether oxygens (including phenoxy) is 1. The van der Waals surface area contributed by atoms with Crippen LogP contribution >= 0.6 is 0 Å². The summed E-state index contributed by atoms with van der Waals surface area (Å²) in [6.45, 7) is 9.68. The third kappa shape index (κ3) is 3.05. The number of hydrogen-bond donors (Lipinski definition) is 0. The van der Waals surface area contributed by atoms with Gasteiger partial charge in [0.15, 0.2) is 0 Å². The number of carbonyl (C=O) groups excluding carboxylic acids is 1. The van der Waals surface area contributed by atoms with Gasteiger partial charge in [-0.1, -0.05) is 20.8 Å². The Bertz CT molecular complexity index is 431. The lowest BCUT2D eigenvalue weighted by atomic mass is 9.87. The number of pyridine rings is 1. The van der Waals surface area contributed by atoms with Crippen LogP contribution in [0.4, 0.5) is 0 Å². The summed E-state index contributed by atoms with van der Waals surface area (Å²) in [7, 11) is 1.64. The maximum absolute atomic E-state index is 12.0. The van der Waals surface area contributed by atoms with Gasteiger partial charge >= 0.3 is 0 Å². The molecule has 3 heteroatoms. The van der Waals surface area contributed by atoms with Crippen molar-refractivity contribution >= 4 is 5.78 Å². The average Bonchev–Trinajstić information content (AvgIpc) is 2.21. The minimum absolute atomic E-state index is 0.194. The summed E-state index contributed by atoms with van der Waals surface area (Å²) in [6, 6.07) is 0. The molecule has 0 spiro atoms. The highest BCUT2D eigenvalue weighted by atomic mass is 16.5. The molecule has 0 radical (unpaired) electrons. The van der Waals surface area contributed by atoms with Crippen LogP contribution in [0.3, 0.4) is 0 Å². The lowest BCUT2D eigenvalue weighted by molar-refractivity contribution is -0.125. The number of nitrogens with zero attached hydrogens (tertiary/aromatic N) is 1. The van der Waals surface area contributed by atoms with Crippen LogP contribution in [-0.2, 0) is 11.2 Å². The highest BCUT2D eigenvalue weighted by Gasteiger charge is 2.23. The molecule has 0 aliphatic heterocycles. The van der Waals surface area contributed by atoms with E-state index in [1.165, 1.54) is 0 Å². The van der Waals surface area contributed by atoms with Crippen LogP contribution in [0.5, 0.6) is 5.75 Å². The second-order valence-corrected chi connectivity index (χ2v) is 5.40. The van der Waals surface area contributed by atoms with Crippen LogP contribution in [0, 0.1) is 19.3 Å². The molecule has 0 aromatic carbocycles. The van der Waals surface area contributed by atoms with E-state index in [0.29, 0.717) is 6.42 Å². The second kappa shape index (κ2) is 4.86. The van der Waals surface area contributed by atoms with Crippen molar-refractivity contribution in [2.75, 3.05) is 7.11 Å². The Labute approximate surface area is 103 Å². The maximum Gasteiger partial charge on any atom is 0.144 e. The summed E-state index contributed by atoms with van der Waals surface area (Å²) < 4.78 is 5.33. The van der Waals surface area contributed by atoms with E-state index in [1.54, 1.807) is 13.3 Å². The molecule has 3 nitrogen and oxygen atoms in total. The minimum atomic E-state index is -0.327.